The van der Waals surface area contributed by atoms with Gasteiger partial charge >= 0.3 is 0 Å². The Bertz CT molecular complexity index is 396. The Morgan fingerprint density at radius 2 is 1.89 bits per heavy atom. The highest BCUT2D eigenvalue weighted by Crippen LogP contribution is 2.17. The molecule has 1 aromatic carbocycles. The zero-order chi connectivity index (χ0) is 13.8. The standard InChI is InChI=1S/C14H23N3O/c1-5-10-14(2,15)13(18)16-11-6-8-12(9-7-11)17(3)4/h6-9H,5,10,15H2,1-4H3,(H,16,18). The smallest absolute Gasteiger partial charge is 0.244 e. The van der Waals surface area contributed by atoms with E-state index in [2.05, 4.69) is 5.32 Å². The molecule has 3 N–H and O–H groups in total. The zero-order valence-electron chi connectivity index (χ0n) is 11.7. The van der Waals surface area contributed by atoms with Crippen LogP contribution in [0.15, 0.2) is 24.3 Å². The van der Waals surface area contributed by atoms with Crippen LogP contribution in [0.5, 0.6) is 0 Å². The third-order valence-corrected chi connectivity index (χ3v) is 2.93. The topological polar surface area (TPSA) is 58.4 Å². The largest absolute Gasteiger partial charge is 0.378 e. The van der Waals surface area contributed by atoms with Gasteiger partial charge in [-0.1, -0.05) is 13.3 Å². The molecule has 0 saturated heterocycles. The maximum Gasteiger partial charge on any atom is 0.244 e. The molecule has 0 bridgehead atoms. The van der Waals surface area contributed by atoms with Crippen molar-refractivity contribution in [2.75, 3.05) is 24.3 Å². The minimum absolute atomic E-state index is 0.137. The summed E-state index contributed by atoms with van der Waals surface area (Å²) in [5, 5.41) is 2.85. The molecule has 0 aliphatic carbocycles. The van der Waals surface area contributed by atoms with Crippen LogP contribution in [-0.4, -0.2) is 25.5 Å². The second-order valence-electron chi connectivity index (χ2n) is 5.06. The number of carbonyl (C=O) groups excluding carboxylic acids is 1. The Balaban J connectivity index is 2.70. The molecule has 0 aliphatic heterocycles. The molecule has 1 rings (SSSR count). The van der Waals surface area contributed by atoms with Gasteiger partial charge in [0.1, 0.15) is 0 Å². The lowest BCUT2D eigenvalue weighted by atomic mass is 9.96. The van der Waals surface area contributed by atoms with Gasteiger partial charge in [-0.05, 0) is 37.6 Å². The van der Waals surface area contributed by atoms with Crippen LogP contribution in [0.1, 0.15) is 26.7 Å². The molecule has 100 valence electrons. The Hall–Kier alpha value is -1.55. The van der Waals surface area contributed by atoms with Gasteiger partial charge in [-0.25, -0.2) is 0 Å². The maximum atomic E-state index is 12.0. The van der Waals surface area contributed by atoms with E-state index in [0.717, 1.165) is 17.8 Å². The number of amides is 1. The molecule has 4 nitrogen and oxygen atoms in total. The first kappa shape index (κ1) is 14.5. The van der Waals surface area contributed by atoms with Gasteiger partial charge in [0.25, 0.3) is 0 Å². The lowest BCUT2D eigenvalue weighted by Crippen LogP contribution is -2.48. The highest BCUT2D eigenvalue weighted by atomic mass is 16.2. The molecular formula is C14H23N3O. The first-order chi connectivity index (χ1) is 8.36. The second-order valence-corrected chi connectivity index (χ2v) is 5.06. The fourth-order valence-corrected chi connectivity index (χ4v) is 1.75. The minimum Gasteiger partial charge on any atom is -0.378 e. The maximum absolute atomic E-state index is 12.0. The van der Waals surface area contributed by atoms with Crippen LogP contribution in [-0.2, 0) is 4.79 Å². The van der Waals surface area contributed by atoms with Gasteiger partial charge in [0, 0.05) is 25.5 Å². The number of nitrogens with one attached hydrogen (secondary N) is 1. The summed E-state index contributed by atoms with van der Waals surface area (Å²) < 4.78 is 0. The van der Waals surface area contributed by atoms with Crippen LogP contribution in [0.4, 0.5) is 11.4 Å². The molecule has 0 fully saturated rings. The summed E-state index contributed by atoms with van der Waals surface area (Å²) in [6.07, 6.45) is 1.56. The zero-order valence-corrected chi connectivity index (χ0v) is 11.7. The van der Waals surface area contributed by atoms with Gasteiger partial charge in [0.05, 0.1) is 5.54 Å². The SMILES string of the molecule is CCCC(C)(N)C(=O)Nc1ccc(N(C)C)cc1. The van der Waals surface area contributed by atoms with Crippen molar-refractivity contribution in [2.24, 2.45) is 5.73 Å². The van der Waals surface area contributed by atoms with Crippen LogP contribution in [0.2, 0.25) is 0 Å². The van der Waals surface area contributed by atoms with Crippen molar-refractivity contribution < 1.29 is 4.79 Å². The lowest BCUT2D eigenvalue weighted by Gasteiger charge is -2.23. The number of carbonyl (C=O) groups is 1. The summed E-state index contributed by atoms with van der Waals surface area (Å²) in [5.41, 5.74) is 7.04. The van der Waals surface area contributed by atoms with E-state index < -0.39 is 5.54 Å². The summed E-state index contributed by atoms with van der Waals surface area (Å²) in [7, 11) is 3.96. The third kappa shape index (κ3) is 3.74. The number of nitrogens with two attached hydrogens (primary N) is 1. The van der Waals surface area contributed by atoms with Gasteiger partial charge in [-0.2, -0.15) is 0 Å². The quantitative estimate of drug-likeness (QED) is 0.841. The van der Waals surface area contributed by atoms with Crippen LogP contribution >= 0.6 is 0 Å². The van der Waals surface area contributed by atoms with Crippen molar-refractivity contribution in [3.8, 4) is 0 Å². The molecule has 0 spiro atoms. The number of hydrogen-bond acceptors (Lipinski definition) is 3. The average molecular weight is 249 g/mol. The predicted molar refractivity (Wildman–Crippen MR) is 76.9 cm³/mol. The Morgan fingerprint density at radius 3 is 2.33 bits per heavy atom. The van der Waals surface area contributed by atoms with E-state index in [1.807, 2.05) is 50.2 Å². The minimum atomic E-state index is -0.811. The third-order valence-electron chi connectivity index (χ3n) is 2.93. The lowest BCUT2D eigenvalue weighted by molar-refractivity contribution is -0.120. The van der Waals surface area contributed by atoms with Gasteiger partial charge in [-0.3, -0.25) is 4.79 Å². The van der Waals surface area contributed by atoms with E-state index in [-0.39, 0.29) is 5.91 Å². The number of anilines is 2. The second kappa shape index (κ2) is 5.87. The van der Waals surface area contributed by atoms with E-state index in [1.165, 1.54) is 0 Å². The van der Waals surface area contributed by atoms with Crippen molar-refractivity contribution in [1.29, 1.82) is 0 Å². The summed E-state index contributed by atoms with van der Waals surface area (Å²) in [4.78, 5) is 14.0. The first-order valence-electron chi connectivity index (χ1n) is 6.24. The molecule has 1 amide bonds. The normalized spacial score (nSPS) is 13.8. The summed E-state index contributed by atoms with van der Waals surface area (Å²) in [6.45, 7) is 3.78. The molecular weight excluding hydrogens is 226 g/mol. The number of benzene rings is 1. The van der Waals surface area contributed by atoms with Crippen LogP contribution in [0, 0.1) is 0 Å². The van der Waals surface area contributed by atoms with Crippen LogP contribution in [0.25, 0.3) is 0 Å². The molecule has 0 aliphatic rings. The number of hydrogen-bond donors (Lipinski definition) is 2. The molecule has 0 radical (unpaired) electrons. The molecule has 18 heavy (non-hydrogen) atoms. The van der Waals surface area contributed by atoms with Crippen LogP contribution in [0.3, 0.4) is 0 Å². The number of nitrogens with zero attached hydrogens (tertiary/aromatic N) is 1. The van der Waals surface area contributed by atoms with Crippen molar-refractivity contribution in [3.05, 3.63) is 24.3 Å². The van der Waals surface area contributed by atoms with E-state index in [1.54, 1.807) is 6.92 Å². The van der Waals surface area contributed by atoms with E-state index >= 15 is 0 Å². The van der Waals surface area contributed by atoms with Crippen molar-refractivity contribution >= 4 is 17.3 Å². The molecule has 1 aromatic rings. The van der Waals surface area contributed by atoms with Gasteiger partial charge in [0.15, 0.2) is 0 Å². The summed E-state index contributed by atoms with van der Waals surface area (Å²) >= 11 is 0. The van der Waals surface area contributed by atoms with Gasteiger partial charge < -0.3 is 16.0 Å². The predicted octanol–water partition coefficient (Wildman–Crippen LogP) is 2.21. The first-order valence-corrected chi connectivity index (χ1v) is 6.24. The Kier molecular flexibility index (Phi) is 4.73. The van der Waals surface area contributed by atoms with Crippen molar-refractivity contribution in [2.45, 2.75) is 32.2 Å². The molecule has 0 aromatic heterocycles. The van der Waals surface area contributed by atoms with Crippen molar-refractivity contribution in [1.82, 2.24) is 0 Å². The molecule has 0 heterocycles. The summed E-state index contributed by atoms with van der Waals surface area (Å²) in [6, 6.07) is 7.69. The van der Waals surface area contributed by atoms with E-state index in [9.17, 15) is 4.79 Å². The van der Waals surface area contributed by atoms with Crippen LogP contribution < -0.4 is 16.0 Å². The van der Waals surface area contributed by atoms with E-state index in [0.29, 0.717) is 6.42 Å². The van der Waals surface area contributed by atoms with Gasteiger partial charge in [0.2, 0.25) is 5.91 Å². The highest BCUT2D eigenvalue weighted by molar-refractivity contribution is 5.97. The molecule has 1 atom stereocenters. The molecule has 4 heteroatoms. The molecule has 0 saturated carbocycles. The molecule has 1 unspecified atom stereocenters. The fourth-order valence-electron chi connectivity index (χ4n) is 1.75. The van der Waals surface area contributed by atoms with Crippen molar-refractivity contribution in [3.63, 3.8) is 0 Å². The monoisotopic (exact) mass is 249 g/mol. The fraction of sp³-hybridized carbons (Fsp3) is 0.500. The highest BCUT2D eigenvalue weighted by Gasteiger charge is 2.26. The van der Waals surface area contributed by atoms with Gasteiger partial charge in [-0.15, -0.1) is 0 Å². The summed E-state index contributed by atoms with van der Waals surface area (Å²) in [5.74, 6) is -0.137. The average Bonchev–Trinajstić information content (AvgIpc) is 2.29. The Labute approximate surface area is 109 Å². The Morgan fingerprint density at radius 1 is 1.33 bits per heavy atom. The van der Waals surface area contributed by atoms with E-state index in [4.69, 9.17) is 5.73 Å². The number of rotatable bonds is 5.